The van der Waals surface area contributed by atoms with E-state index in [0.29, 0.717) is 11.4 Å². The zero-order valence-electron chi connectivity index (χ0n) is 13.4. The van der Waals surface area contributed by atoms with E-state index in [9.17, 15) is 4.79 Å². The summed E-state index contributed by atoms with van der Waals surface area (Å²) in [6.45, 7) is 1.56. The third kappa shape index (κ3) is 4.96. The predicted molar refractivity (Wildman–Crippen MR) is 92.3 cm³/mol. The van der Waals surface area contributed by atoms with Crippen molar-refractivity contribution in [2.45, 2.75) is 18.9 Å². The van der Waals surface area contributed by atoms with Crippen LogP contribution >= 0.6 is 0 Å². The number of nitrogens with one attached hydrogen (secondary N) is 2. The van der Waals surface area contributed by atoms with Crippen LogP contribution in [0.1, 0.15) is 12.8 Å². The molecule has 0 radical (unpaired) electrons. The Bertz CT molecular complexity index is 640. The molecule has 0 spiro atoms. The Morgan fingerprint density at radius 1 is 1.25 bits per heavy atom. The fraction of sp³-hybridized carbons (Fsp3) is 0.333. The second-order valence-corrected chi connectivity index (χ2v) is 5.60. The van der Waals surface area contributed by atoms with E-state index in [2.05, 4.69) is 15.6 Å². The van der Waals surface area contributed by atoms with E-state index in [4.69, 9.17) is 9.47 Å². The first-order chi connectivity index (χ1) is 11.8. The molecule has 1 fully saturated rings. The Kier molecular flexibility index (Phi) is 5.63. The Labute approximate surface area is 141 Å². The normalized spacial score (nSPS) is 16.6. The van der Waals surface area contributed by atoms with Gasteiger partial charge in [-0.05, 0) is 37.1 Å². The van der Waals surface area contributed by atoms with Crippen molar-refractivity contribution in [1.82, 2.24) is 4.98 Å². The standard InChI is InChI=1S/C18H21N3O3/c22-18(13-24-15-5-2-1-3-6-15)21-14-8-9-17(19-11-14)20-12-16-7-4-10-23-16/h1-3,5-6,8-9,11,16H,4,7,10,12-13H2,(H,19,20)(H,21,22). The van der Waals surface area contributed by atoms with Gasteiger partial charge in [0, 0.05) is 13.2 Å². The maximum atomic E-state index is 11.9. The minimum Gasteiger partial charge on any atom is -0.484 e. The Balaban J connectivity index is 1.42. The average Bonchev–Trinajstić information content (AvgIpc) is 3.14. The number of carbonyl (C=O) groups is 1. The van der Waals surface area contributed by atoms with Gasteiger partial charge in [-0.3, -0.25) is 4.79 Å². The van der Waals surface area contributed by atoms with Crippen molar-refractivity contribution in [2.75, 3.05) is 30.4 Å². The number of aromatic nitrogens is 1. The van der Waals surface area contributed by atoms with Crippen molar-refractivity contribution in [3.05, 3.63) is 48.7 Å². The maximum Gasteiger partial charge on any atom is 0.262 e. The molecule has 1 atom stereocenters. The highest BCUT2D eigenvalue weighted by Gasteiger charge is 2.14. The average molecular weight is 327 g/mol. The van der Waals surface area contributed by atoms with Crippen LogP contribution in [0.4, 0.5) is 11.5 Å². The lowest BCUT2D eigenvalue weighted by Crippen LogP contribution is -2.20. The fourth-order valence-corrected chi connectivity index (χ4v) is 2.46. The molecule has 1 aliphatic heterocycles. The summed E-state index contributed by atoms with van der Waals surface area (Å²) in [7, 11) is 0. The highest BCUT2D eigenvalue weighted by atomic mass is 16.5. The molecule has 6 heteroatoms. The van der Waals surface area contributed by atoms with Crippen LogP contribution in [0.15, 0.2) is 48.7 Å². The van der Waals surface area contributed by atoms with Gasteiger partial charge in [-0.1, -0.05) is 18.2 Å². The topological polar surface area (TPSA) is 72.5 Å². The van der Waals surface area contributed by atoms with Crippen molar-refractivity contribution in [3.8, 4) is 5.75 Å². The summed E-state index contributed by atoms with van der Waals surface area (Å²) in [5.74, 6) is 1.21. The molecule has 2 N–H and O–H groups in total. The van der Waals surface area contributed by atoms with Gasteiger partial charge in [0.05, 0.1) is 18.0 Å². The van der Waals surface area contributed by atoms with Gasteiger partial charge in [-0.15, -0.1) is 0 Å². The van der Waals surface area contributed by atoms with Crippen molar-refractivity contribution < 1.29 is 14.3 Å². The number of rotatable bonds is 7. The van der Waals surface area contributed by atoms with Crippen molar-refractivity contribution in [3.63, 3.8) is 0 Å². The molecule has 1 amide bonds. The molecule has 0 aliphatic carbocycles. The maximum absolute atomic E-state index is 11.9. The van der Waals surface area contributed by atoms with E-state index < -0.39 is 0 Å². The van der Waals surface area contributed by atoms with Gasteiger partial charge in [0.1, 0.15) is 11.6 Å². The summed E-state index contributed by atoms with van der Waals surface area (Å²) in [6, 6.07) is 12.9. The molecule has 2 aromatic rings. The SMILES string of the molecule is O=C(COc1ccccc1)Nc1ccc(NCC2CCCO2)nc1. The minimum atomic E-state index is -0.222. The smallest absolute Gasteiger partial charge is 0.262 e. The van der Waals surface area contributed by atoms with Crippen LogP contribution in [0.25, 0.3) is 0 Å². The molecule has 3 rings (SSSR count). The van der Waals surface area contributed by atoms with Gasteiger partial charge in [0.25, 0.3) is 5.91 Å². The summed E-state index contributed by atoms with van der Waals surface area (Å²) in [5, 5.41) is 6.00. The van der Waals surface area contributed by atoms with Crippen LogP contribution in [0.5, 0.6) is 5.75 Å². The lowest BCUT2D eigenvalue weighted by Gasteiger charge is -2.12. The molecular weight excluding hydrogens is 306 g/mol. The fourth-order valence-electron chi connectivity index (χ4n) is 2.46. The van der Waals surface area contributed by atoms with E-state index in [1.807, 2.05) is 42.5 Å². The van der Waals surface area contributed by atoms with Crippen LogP contribution in [0, 0.1) is 0 Å². The number of anilines is 2. The van der Waals surface area contributed by atoms with E-state index in [1.165, 1.54) is 0 Å². The number of nitrogens with zero attached hydrogens (tertiary/aromatic N) is 1. The zero-order valence-corrected chi connectivity index (χ0v) is 13.4. The van der Waals surface area contributed by atoms with Crippen LogP contribution in [0.2, 0.25) is 0 Å². The summed E-state index contributed by atoms with van der Waals surface area (Å²) >= 11 is 0. The summed E-state index contributed by atoms with van der Waals surface area (Å²) in [4.78, 5) is 16.2. The second kappa shape index (κ2) is 8.31. The summed E-state index contributed by atoms with van der Waals surface area (Å²) in [6.07, 6.45) is 4.10. The first kappa shape index (κ1) is 16.3. The number of ether oxygens (including phenoxy) is 2. The molecule has 1 unspecified atom stereocenters. The number of hydrogen-bond acceptors (Lipinski definition) is 5. The molecule has 1 aliphatic rings. The Morgan fingerprint density at radius 3 is 2.83 bits per heavy atom. The first-order valence-corrected chi connectivity index (χ1v) is 8.09. The molecule has 126 valence electrons. The Morgan fingerprint density at radius 2 is 2.12 bits per heavy atom. The van der Waals surface area contributed by atoms with Crippen LogP contribution in [0.3, 0.4) is 0 Å². The molecule has 1 aromatic carbocycles. The van der Waals surface area contributed by atoms with Crippen molar-refractivity contribution >= 4 is 17.4 Å². The number of amides is 1. The molecule has 6 nitrogen and oxygen atoms in total. The summed E-state index contributed by atoms with van der Waals surface area (Å²) < 4.78 is 11.0. The van der Waals surface area contributed by atoms with Gasteiger partial charge in [0.15, 0.2) is 6.61 Å². The van der Waals surface area contributed by atoms with Gasteiger partial charge in [-0.2, -0.15) is 0 Å². The summed E-state index contributed by atoms with van der Waals surface area (Å²) in [5.41, 5.74) is 0.638. The van der Waals surface area contributed by atoms with E-state index in [0.717, 1.165) is 31.8 Å². The molecule has 24 heavy (non-hydrogen) atoms. The molecular formula is C18H21N3O3. The van der Waals surface area contributed by atoms with Gasteiger partial charge in [-0.25, -0.2) is 4.98 Å². The monoisotopic (exact) mass is 327 g/mol. The third-order valence-electron chi connectivity index (χ3n) is 3.70. The highest BCUT2D eigenvalue weighted by molar-refractivity contribution is 5.91. The van der Waals surface area contributed by atoms with Gasteiger partial charge < -0.3 is 20.1 Å². The number of hydrogen-bond donors (Lipinski definition) is 2. The quantitative estimate of drug-likeness (QED) is 0.818. The second-order valence-electron chi connectivity index (χ2n) is 5.60. The number of benzene rings is 1. The number of pyridine rings is 1. The number of carbonyl (C=O) groups excluding carboxylic acids is 1. The molecule has 0 saturated carbocycles. The molecule has 2 heterocycles. The lowest BCUT2D eigenvalue weighted by atomic mass is 10.2. The highest BCUT2D eigenvalue weighted by Crippen LogP contribution is 2.14. The lowest BCUT2D eigenvalue weighted by molar-refractivity contribution is -0.118. The van der Waals surface area contributed by atoms with Gasteiger partial charge >= 0.3 is 0 Å². The van der Waals surface area contributed by atoms with E-state index in [1.54, 1.807) is 6.20 Å². The van der Waals surface area contributed by atoms with E-state index >= 15 is 0 Å². The van der Waals surface area contributed by atoms with E-state index in [-0.39, 0.29) is 18.6 Å². The number of para-hydroxylation sites is 1. The molecule has 1 saturated heterocycles. The minimum absolute atomic E-state index is 0.0387. The first-order valence-electron chi connectivity index (χ1n) is 8.09. The Hall–Kier alpha value is -2.60. The van der Waals surface area contributed by atoms with Crippen LogP contribution < -0.4 is 15.4 Å². The largest absolute Gasteiger partial charge is 0.484 e. The van der Waals surface area contributed by atoms with Crippen LogP contribution in [-0.4, -0.2) is 36.8 Å². The molecule has 1 aromatic heterocycles. The third-order valence-corrected chi connectivity index (χ3v) is 3.70. The predicted octanol–water partition coefficient (Wildman–Crippen LogP) is 2.69. The van der Waals surface area contributed by atoms with Crippen LogP contribution in [-0.2, 0) is 9.53 Å². The van der Waals surface area contributed by atoms with Crippen molar-refractivity contribution in [2.24, 2.45) is 0 Å². The van der Waals surface area contributed by atoms with Gasteiger partial charge in [0.2, 0.25) is 0 Å². The zero-order chi connectivity index (χ0) is 16.6. The van der Waals surface area contributed by atoms with Crippen molar-refractivity contribution in [1.29, 1.82) is 0 Å². The molecule has 0 bridgehead atoms.